The Morgan fingerprint density at radius 1 is 1.20 bits per heavy atom. The molecule has 0 fully saturated rings. The number of carbonyl (C=O) groups is 3. The molecule has 30 heavy (non-hydrogen) atoms. The van der Waals surface area contributed by atoms with Gasteiger partial charge in [0, 0.05) is 6.42 Å². The van der Waals surface area contributed by atoms with E-state index in [0.717, 1.165) is 17.3 Å². The Morgan fingerprint density at radius 3 is 2.53 bits per heavy atom. The highest BCUT2D eigenvalue weighted by molar-refractivity contribution is 5.86. The third-order valence-corrected chi connectivity index (χ3v) is 3.82. The maximum Gasteiger partial charge on any atom is 0.266 e. The number of carbonyl (C=O) groups excluding carboxylic acids is 3. The number of quaternary nitrogens is 1. The first kappa shape index (κ1) is 22.9. The molecule has 0 aliphatic rings. The van der Waals surface area contributed by atoms with Crippen LogP contribution < -0.4 is 10.8 Å². The summed E-state index contributed by atoms with van der Waals surface area (Å²) in [6.45, 7) is 3.57. The summed E-state index contributed by atoms with van der Waals surface area (Å²) in [6.07, 6.45) is 3.11. The lowest BCUT2D eigenvalue weighted by Gasteiger charge is -2.22. The van der Waals surface area contributed by atoms with E-state index in [1.165, 1.54) is 0 Å². The van der Waals surface area contributed by atoms with Gasteiger partial charge in [0.1, 0.15) is 12.2 Å². The Morgan fingerprint density at radius 2 is 1.90 bits per heavy atom. The van der Waals surface area contributed by atoms with Crippen LogP contribution in [0.15, 0.2) is 43.1 Å². The molecule has 0 saturated heterocycles. The number of benzene rings is 1. The highest BCUT2D eigenvalue weighted by Gasteiger charge is 2.15. The van der Waals surface area contributed by atoms with E-state index in [1.54, 1.807) is 10.9 Å². The maximum absolute atomic E-state index is 12.1. The van der Waals surface area contributed by atoms with Crippen LogP contribution in [0.1, 0.15) is 11.3 Å². The fourth-order valence-corrected chi connectivity index (χ4v) is 2.54. The van der Waals surface area contributed by atoms with Gasteiger partial charge < -0.3 is 9.80 Å². The van der Waals surface area contributed by atoms with E-state index in [9.17, 15) is 14.4 Å². The molecule has 10 heteroatoms. The van der Waals surface area contributed by atoms with E-state index in [4.69, 9.17) is 4.84 Å². The SMILES string of the molecule is C=CC(=O)NOCC(=O)NCc1cn(-c2ccc(CC(=O)C[N+](C)(C)C)cc2)nn1. The van der Waals surface area contributed by atoms with Crippen molar-refractivity contribution in [3.63, 3.8) is 0 Å². The zero-order valence-electron chi connectivity index (χ0n) is 17.4. The molecule has 0 saturated carbocycles. The highest BCUT2D eigenvalue weighted by Crippen LogP contribution is 2.10. The zero-order chi connectivity index (χ0) is 22.1. The Labute approximate surface area is 175 Å². The molecule has 1 aromatic carbocycles. The van der Waals surface area contributed by atoms with Crippen LogP contribution in [0.5, 0.6) is 0 Å². The van der Waals surface area contributed by atoms with Crippen LogP contribution in [-0.4, -0.2) is 71.4 Å². The number of hydrogen-bond acceptors (Lipinski definition) is 6. The van der Waals surface area contributed by atoms with Gasteiger partial charge in [0.05, 0.1) is 39.6 Å². The number of Topliss-reactive ketones (excluding diaryl/α,β-unsaturated/α-hetero) is 1. The van der Waals surface area contributed by atoms with E-state index in [0.29, 0.717) is 23.1 Å². The number of nitrogens with one attached hydrogen (secondary N) is 2. The van der Waals surface area contributed by atoms with E-state index in [2.05, 4.69) is 22.2 Å². The average molecular weight is 415 g/mol. The van der Waals surface area contributed by atoms with Crippen LogP contribution in [0.25, 0.3) is 5.69 Å². The van der Waals surface area contributed by atoms with Gasteiger partial charge in [0.25, 0.3) is 5.91 Å². The number of aromatic nitrogens is 3. The second kappa shape index (κ2) is 10.4. The number of likely N-dealkylation sites (N-methyl/N-ethyl adjacent to an activating group) is 1. The first-order valence-electron chi connectivity index (χ1n) is 9.30. The summed E-state index contributed by atoms with van der Waals surface area (Å²) in [5.41, 5.74) is 4.33. The van der Waals surface area contributed by atoms with Crippen LogP contribution in [0.2, 0.25) is 0 Å². The van der Waals surface area contributed by atoms with Crippen molar-refractivity contribution >= 4 is 17.6 Å². The second-order valence-electron chi connectivity index (χ2n) is 7.72. The van der Waals surface area contributed by atoms with Crippen molar-refractivity contribution in [2.45, 2.75) is 13.0 Å². The van der Waals surface area contributed by atoms with Gasteiger partial charge in [-0.2, -0.15) is 0 Å². The molecular weight excluding hydrogens is 388 g/mol. The van der Waals surface area contributed by atoms with Crippen LogP contribution >= 0.6 is 0 Å². The maximum atomic E-state index is 12.1. The summed E-state index contributed by atoms with van der Waals surface area (Å²) in [7, 11) is 5.96. The fraction of sp³-hybridized carbons (Fsp3) is 0.350. The van der Waals surface area contributed by atoms with Crippen LogP contribution in [0.3, 0.4) is 0 Å². The summed E-state index contributed by atoms with van der Waals surface area (Å²) >= 11 is 0. The Kier molecular flexibility index (Phi) is 7.96. The molecule has 2 N–H and O–H groups in total. The standard InChI is InChI=1S/C20H26N6O4/c1-5-19(28)23-30-14-20(29)21-11-16-12-25(24-22-16)17-8-6-15(7-9-17)10-18(27)13-26(2,3)4/h5-9,12H,1,10-11,13-14H2,2-4H3,(H-,21,23,28,29)/p+1. The van der Waals surface area contributed by atoms with Crippen molar-refractivity contribution in [1.82, 2.24) is 25.8 Å². The smallest absolute Gasteiger partial charge is 0.266 e. The van der Waals surface area contributed by atoms with E-state index >= 15 is 0 Å². The van der Waals surface area contributed by atoms with Crippen LogP contribution in [0.4, 0.5) is 0 Å². The van der Waals surface area contributed by atoms with Gasteiger partial charge in [0.15, 0.2) is 12.4 Å². The molecule has 0 spiro atoms. The molecule has 0 radical (unpaired) electrons. The molecule has 2 rings (SSSR count). The van der Waals surface area contributed by atoms with E-state index < -0.39 is 11.8 Å². The first-order valence-corrected chi connectivity index (χ1v) is 9.30. The van der Waals surface area contributed by atoms with Gasteiger partial charge in [-0.15, -0.1) is 5.10 Å². The lowest BCUT2D eigenvalue weighted by Crippen LogP contribution is -2.40. The number of rotatable bonds is 11. The molecule has 0 aliphatic heterocycles. The van der Waals surface area contributed by atoms with Gasteiger partial charge in [0.2, 0.25) is 5.91 Å². The van der Waals surface area contributed by atoms with Crippen molar-refractivity contribution in [2.24, 2.45) is 0 Å². The molecule has 0 bridgehead atoms. The minimum Gasteiger partial charge on any atom is -0.348 e. The minimum atomic E-state index is -0.533. The molecule has 160 valence electrons. The molecule has 2 aromatic rings. The predicted octanol–water partition coefficient (Wildman–Crippen LogP) is -0.0649. The summed E-state index contributed by atoms with van der Waals surface area (Å²) in [5.74, 6) is -0.770. The Balaban J connectivity index is 1.84. The van der Waals surface area contributed by atoms with Crippen molar-refractivity contribution in [3.05, 3.63) is 54.4 Å². The number of hydrogen-bond donors (Lipinski definition) is 2. The molecule has 1 heterocycles. The molecule has 2 amide bonds. The average Bonchev–Trinajstić information content (AvgIpc) is 3.14. The monoisotopic (exact) mass is 415 g/mol. The molecule has 10 nitrogen and oxygen atoms in total. The Hall–Kier alpha value is -3.37. The lowest BCUT2D eigenvalue weighted by molar-refractivity contribution is -0.862. The van der Waals surface area contributed by atoms with Gasteiger partial charge in [-0.1, -0.05) is 23.9 Å². The zero-order valence-corrected chi connectivity index (χ0v) is 17.4. The van der Waals surface area contributed by atoms with Crippen LogP contribution in [-0.2, 0) is 32.2 Å². The van der Waals surface area contributed by atoms with Crippen molar-refractivity contribution in [1.29, 1.82) is 0 Å². The summed E-state index contributed by atoms with van der Waals surface area (Å²) < 4.78 is 2.19. The van der Waals surface area contributed by atoms with Crippen LogP contribution in [0, 0.1) is 0 Å². The quantitative estimate of drug-likeness (QED) is 0.302. The highest BCUT2D eigenvalue weighted by atomic mass is 16.7. The molecule has 0 aliphatic carbocycles. The summed E-state index contributed by atoms with van der Waals surface area (Å²) in [4.78, 5) is 39.4. The summed E-state index contributed by atoms with van der Waals surface area (Å²) in [6, 6.07) is 7.51. The van der Waals surface area contributed by atoms with Gasteiger partial charge in [-0.05, 0) is 23.8 Å². The normalized spacial score (nSPS) is 11.0. The molecule has 0 atom stereocenters. The molecular formula is C20H27N6O4+. The first-order chi connectivity index (χ1) is 14.2. The molecule has 1 aromatic heterocycles. The third kappa shape index (κ3) is 7.94. The van der Waals surface area contributed by atoms with Crippen molar-refractivity contribution in [3.8, 4) is 5.69 Å². The topological polar surface area (TPSA) is 115 Å². The number of amides is 2. The lowest BCUT2D eigenvalue weighted by atomic mass is 10.1. The van der Waals surface area contributed by atoms with Gasteiger partial charge in [-0.25, -0.2) is 10.2 Å². The van der Waals surface area contributed by atoms with Gasteiger partial charge >= 0.3 is 0 Å². The Bertz CT molecular complexity index is 899. The summed E-state index contributed by atoms with van der Waals surface area (Å²) in [5, 5.41) is 10.7. The van der Waals surface area contributed by atoms with Crippen molar-refractivity contribution < 1.29 is 23.7 Å². The fourth-order valence-electron chi connectivity index (χ4n) is 2.54. The van der Waals surface area contributed by atoms with Crippen molar-refractivity contribution in [2.75, 3.05) is 34.3 Å². The third-order valence-electron chi connectivity index (χ3n) is 3.82. The largest absolute Gasteiger partial charge is 0.348 e. The number of ketones is 1. The van der Waals surface area contributed by atoms with E-state index in [1.807, 2.05) is 50.9 Å². The molecule has 0 unspecified atom stereocenters. The van der Waals surface area contributed by atoms with Gasteiger partial charge in [-0.3, -0.25) is 19.2 Å². The number of hydroxylamine groups is 1. The number of nitrogens with zero attached hydrogens (tertiary/aromatic N) is 4. The minimum absolute atomic E-state index is 0.162. The van der Waals surface area contributed by atoms with E-state index in [-0.39, 0.29) is 18.9 Å². The second-order valence-corrected chi connectivity index (χ2v) is 7.72. The predicted molar refractivity (Wildman–Crippen MR) is 109 cm³/mol.